The van der Waals surface area contributed by atoms with Crippen LogP contribution in [0, 0.1) is 23.2 Å². The Kier molecular flexibility index (Phi) is 0.978. The number of rotatable bonds is 0. The number of aliphatic hydroxyl groups is 2. The Hall–Kier alpha value is -0.0800. The lowest BCUT2D eigenvalue weighted by Gasteiger charge is -2.64. The maximum absolute atomic E-state index is 10.3. The van der Waals surface area contributed by atoms with Gasteiger partial charge in [0.15, 0.2) is 0 Å². The minimum Gasteiger partial charge on any atom is -0.392 e. The van der Waals surface area contributed by atoms with Crippen molar-refractivity contribution in [3.8, 4) is 0 Å². The summed E-state index contributed by atoms with van der Waals surface area (Å²) in [5.41, 5.74) is -0.683. The van der Waals surface area contributed by atoms with E-state index in [0.29, 0.717) is 17.8 Å². The molecule has 2 heteroatoms. The van der Waals surface area contributed by atoms with Crippen LogP contribution in [0.15, 0.2) is 0 Å². The van der Waals surface area contributed by atoms with Crippen molar-refractivity contribution in [3.05, 3.63) is 0 Å². The second-order valence-electron chi connectivity index (χ2n) is 5.25. The van der Waals surface area contributed by atoms with Crippen LogP contribution in [0.1, 0.15) is 26.7 Å². The molecule has 12 heavy (non-hydrogen) atoms. The van der Waals surface area contributed by atoms with Crippen molar-refractivity contribution in [3.63, 3.8) is 0 Å². The molecule has 3 saturated carbocycles. The molecule has 0 aliphatic heterocycles. The minimum absolute atomic E-state index is 0.180. The third kappa shape index (κ3) is 0.409. The van der Waals surface area contributed by atoms with Gasteiger partial charge in [-0.3, -0.25) is 0 Å². The Morgan fingerprint density at radius 3 is 2.50 bits per heavy atom. The highest BCUT2D eigenvalue weighted by Crippen LogP contribution is 2.75. The molecule has 0 radical (unpaired) electrons. The van der Waals surface area contributed by atoms with E-state index in [2.05, 4.69) is 13.8 Å². The Balaban J connectivity index is 2.12. The van der Waals surface area contributed by atoms with Gasteiger partial charge >= 0.3 is 0 Å². The van der Waals surface area contributed by atoms with Gasteiger partial charge in [0.05, 0.1) is 11.7 Å². The monoisotopic (exact) mass is 168 g/mol. The summed E-state index contributed by atoms with van der Waals surface area (Å²) in [7, 11) is 0. The zero-order valence-electron chi connectivity index (χ0n) is 7.62. The predicted molar refractivity (Wildman–Crippen MR) is 44.4 cm³/mol. The molecule has 0 aromatic carbocycles. The van der Waals surface area contributed by atoms with Crippen molar-refractivity contribution in [2.24, 2.45) is 23.2 Å². The fourth-order valence-electron chi connectivity index (χ4n) is 4.36. The summed E-state index contributed by atoms with van der Waals surface area (Å²) in [6, 6.07) is 0. The fraction of sp³-hybridized carbons (Fsp3) is 1.00. The molecule has 3 aliphatic rings. The molecule has 68 valence electrons. The van der Waals surface area contributed by atoms with Gasteiger partial charge in [0, 0.05) is 5.41 Å². The van der Waals surface area contributed by atoms with E-state index < -0.39 is 5.60 Å². The Morgan fingerprint density at radius 1 is 1.42 bits per heavy atom. The van der Waals surface area contributed by atoms with E-state index in [9.17, 15) is 10.2 Å². The highest BCUT2D eigenvalue weighted by molar-refractivity contribution is 5.28. The normalized spacial score (nSPS) is 73.0. The van der Waals surface area contributed by atoms with Crippen LogP contribution in [0.5, 0.6) is 0 Å². The summed E-state index contributed by atoms with van der Waals surface area (Å²) >= 11 is 0. The summed E-state index contributed by atoms with van der Waals surface area (Å²) in [5, 5.41) is 20.3. The van der Waals surface area contributed by atoms with Gasteiger partial charge in [-0.15, -0.1) is 0 Å². The molecule has 3 rings (SSSR count). The summed E-state index contributed by atoms with van der Waals surface area (Å²) in [4.78, 5) is 0. The molecule has 2 N–H and O–H groups in total. The molecule has 2 bridgehead atoms. The first-order valence-electron chi connectivity index (χ1n) is 4.92. The lowest BCUT2D eigenvalue weighted by Crippen LogP contribution is -2.70. The molecule has 6 unspecified atom stereocenters. The van der Waals surface area contributed by atoms with Gasteiger partial charge < -0.3 is 10.2 Å². The van der Waals surface area contributed by atoms with Gasteiger partial charge in [0.1, 0.15) is 0 Å². The third-order valence-corrected chi connectivity index (χ3v) is 5.29. The van der Waals surface area contributed by atoms with Gasteiger partial charge in [-0.25, -0.2) is 0 Å². The van der Waals surface area contributed by atoms with Gasteiger partial charge in [-0.1, -0.05) is 13.8 Å². The summed E-state index contributed by atoms with van der Waals surface area (Å²) in [5.74, 6) is 1.38. The first kappa shape index (κ1) is 7.34. The SMILES string of the molecule is CC1C2CC3CC2(O)C1(C)C3O. The van der Waals surface area contributed by atoms with Crippen LogP contribution in [0.3, 0.4) is 0 Å². The first-order chi connectivity index (χ1) is 5.52. The number of hydrogen-bond donors (Lipinski definition) is 2. The topological polar surface area (TPSA) is 40.5 Å². The molecule has 0 heterocycles. The zero-order chi connectivity index (χ0) is 8.72. The molecule has 0 spiro atoms. The van der Waals surface area contributed by atoms with Crippen molar-refractivity contribution < 1.29 is 10.2 Å². The summed E-state index contributed by atoms with van der Waals surface area (Å²) < 4.78 is 0. The quantitative estimate of drug-likeness (QED) is 0.561. The predicted octanol–water partition coefficient (Wildman–Crippen LogP) is 0.774. The van der Waals surface area contributed by atoms with Crippen molar-refractivity contribution in [1.82, 2.24) is 0 Å². The van der Waals surface area contributed by atoms with Crippen LogP contribution < -0.4 is 0 Å². The molecular formula is C10H16O2. The maximum Gasteiger partial charge on any atom is 0.0763 e. The van der Waals surface area contributed by atoms with Crippen molar-refractivity contribution in [1.29, 1.82) is 0 Å². The molecule has 3 fully saturated rings. The van der Waals surface area contributed by atoms with Crippen LogP contribution in [0.4, 0.5) is 0 Å². The van der Waals surface area contributed by atoms with E-state index in [0.717, 1.165) is 12.8 Å². The lowest BCUT2D eigenvalue weighted by atomic mass is 9.43. The standard InChI is InChI=1S/C10H16O2/c1-5-7-3-6-4-10(7,12)9(5,2)8(6)11/h5-8,11-12H,3-4H2,1-2H3. The first-order valence-corrected chi connectivity index (χ1v) is 4.92. The molecule has 0 saturated heterocycles. The van der Waals surface area contributed by atoms with E-state index in [-0.39, 0.29) is 11.5 Å². The fourth-order valence-corrected chi connectivity index (χ4v) is 4.36. The van der Waals surface area contributed by atoms with Gasteiger partial charge in [-0.05, 0) is 30.6 Å². The lowest BCUT2D eigenvalue weighted by molar-refractivity contribution is -0.270. The van der Waals surface area contributed by atoms with Crippen LogP contribution >= 0.6 is 0 Å². The van der Waals surface area contributed by atoms with Crippen molar-refractivity contribution in [2.75, 3.05) is 0 Å². The average Bonchev–Trinajstić information content (AvgIpc) is 2.43. The summed E-state index contributed by atoms with van der Waals surface area (Å²) in [6.45, 7) is 4.22. The number of fused-ring (bicyclic) bond motifs is 1. The second kappa shape index (κ2) is 1.60. The second-order valence-corrected chi connectivity index (χ2v) is 5.25. The minimum atomic E-state index is -0.503. The van der Waals surface area contributed by atoms with E-state index >= 15 is 0 Å². The third-order valence-electron chi connectivity index (χ3n) is 5.29. The highest BCUT2D eigenvalue weighted by atomic mass is 16.3. The van der Waals surface area contributed by atoms with Gasteiger partial charge in [0.25, 0.3) is 0 Å². The van der Waals surface area contributed by atoms with Crippen LogP contribution in [-0.4, -0.2) is 21.9 Å². The molecule has 0 amide bonds. The van der Waals surface area contributed by atoms with Crippen LogP contribution in [0.2, 0.25) is 0 Å². The molecule has 3 aliphatic carbocycles. The Morgan fingerprint density at radius 2 is 2.08 bits per heavy atom. The number of aliphatic hydroxyl groups excluding tert-OH is 1. The molecule has 0 aromatic heterocycles. The van der Waals surface area contributed by atoms with Crippen LogP contribution in [-0.2, 0) is 0 Å². The van der Waals surface area contributed by atoms with E-state index in [1.807, 2.05) is 0 Å². The van der Waals surface area contributed by atoms with E-state index in [1.54, 1.807) is 0 Å². The summed E-state index contributed by atoms with van der Waals surface area (Å²) in [6.07, 6.45) is 1.65. The Bertz CT molecular complexity index is 252. The zero-order valence-corrected chi connectivity index (χ0v) is 7.62. The van der Waals surface area contributed by atoms with Crippen LogP contribution in [0.25, 0.3) is 0 Å². The molecule has 6 atom stereocenters. The maximum atomic E-state index is 10.3. The van der Waals surface area contributed by atoms with E-state index in [4.69, 9.17) is 0 Å². The molecule has 0 aromatic rings. The van der Waals surface area contributed by atoms with Gasteiger partial charge in [-0.2, -0.15) is 0 Å². The van der Waals surface area contributed by atoms with Crippen molar-refractivity contribution >= 4 is 0 Å². The highest BCUT2D eigenvalue weighted by Gasteiger charge is 2.79. The van der Waals surface area contributed by atoms with Gasteiger partial charge in [0.2, 0.25) is 0 Å². The molecule has 2 nitrogen and oxygen atoms in total. The molecular weight excluding hydrogens is 152 g/mol. The Labute approximate surface area is 72.6 Å². The van der Waals surface area contributed by atoms with Crippen molar-refractivity contribution in [2.45, 2.75) is 38.4 Å². The average molecular weight is 168 g/mol. The largest absolute Gasteiger partial charge is 0.392 e. The van der Waals surface area contributed by atoms with E-state index in [1.165, 1.54) is 0 Å². The smallest absolute Gasteiger partial charge is 0.0763 e. The number of hydrogen-bond acceptors (Lipinski definition) is 2.